The molecule has 5 nitrogen and oxygen atoms in total. The molecule has 0 bridgehead atoms. The third-order valence-electron chi connectivity index (χ3n) is 2.37. The summed E-state index contributed by atoms with van der Waals surface area (Å²) in [5, 5.41) is 2.61. The Bertz CT molecular complexity index is 418. The monoisotopic (exact) mass is 236 g/mol. The fraction of sp³-hybridized carbons (Fsp3) is 0.333. The van der Waals surface area contributed by atoms with Crippen LogP contribution in [-0.2, 0) is 9.53 Å². The molecule has 0 aliphatic rings. The van der Waals surface area contributed by atoms with Gasteiger partial charge in [-0.15, -0.1) is 0 Å². The van der Waals surface area contributed by atoms with Crippen LogP contribution in [0.25, 0.3) is 0 Å². The van der Waals surface area contributed by atoms with Crippen LogP contribution in [0.15, 0.2) is 24.3 Å². The first-order valence-electron chi connectivity index (χ1n) is 5.34. The zero-order chi connectivity index (χ0) is 12.8. The van der Waals surface area contributed by atoms with Gasteiger partial charge in [-0.05, 0) is 18.6 Å². The van der Waals surface area contributed by atoms with Crippen LogP contribution >= 0.6 is 0 Å². The predicted octanol–water partition coefficient (Wildman–Crippen LogP) is 1.15. The fourth-order valence-corrected chi connectivity index (χ4v) is 1.29. The molecule has 17 heavy (non-hydrogen) atoms. The van der Waals surface area contributed by atoms with Gasteiger partial charge in [-0.25, -0.2) is 4.79 Å². The van der Waals surface area contributed by atoms with E-state index in [0.717, 1.165) is 0 Å². The van der Waals surface area contributed by atoms with Crippen LogP contribution in [-0.4, -0.2) is 25.0 Å². The second kappa shape index (κ2) is 6.00. The third kappa shape index (κ3) is 3.29. The van der Waals surface area contributed by atoms with E-state index in [-0.39, 0.29) is 5.91 Å². The van der Waals surface area contributed by atoms with Crippen molar-refractivity contribution < 1.29 is 14.3 Å². The number of nitrogens with one attached hydrogen (secondary N) is 1. The summed E-state index contributed by atoms with van der Waals surface area (Å²) in [5.41, 5.74) is 6.32. The van der Waals surface area contributed by atoms with Crippen LogP contribution in [0.3, 0.4) is 0 Å². The number of carbonyl (C=O) groups excluding carboxylic acids is 2. The first kappa shape index (κ1) is 13.2. The highest BCUT2D eigenvalue weighted by molar-refractivity contribution is 6.02. The predicted molar refractivity (Wildman–Crippen MR) is 64.7 cm³/mol. The van der Waals surface area contributed by atoms with Gasteiger partial charge in [0.2, 0.25) is 5.91 Å². The molecule has 1 unspecified atom stereocenters. The Kier molecular flexibility index (Phi) is 4.66. The zero-order valence-electron chi connectivity index (χ0n) is 9.90. The van der Waals surface area contributed by atoms with Crippen molar-refractivity contribution in [2.75, 3.05) is 12.4 Å². The Morgan fingerprint density at radius 1 is 1.41 bits per heavy atom. The molecular weight excluding hydrogens is 220 g/mol. The van der Waals surface area contributed by atoms with Crippen molar-refractivity contribution in [1.29, 1.82) is 0 Å². The Morgan fingerprint density at radius 2 is 2.06 bits per heavy atom. The third-order valence-corrected chi connectivity index (χ3v) is 2.37. The van der Waals surface area contributed by atoms with Gasteiger partial charge in [0, 0.05) is 0 Å². The largest absolute Gasteiger partial charge is 0.465 e. The lowest BCUT2D eigenvalue weighted by atomic mass is 10.1. The number of carbonyl (C=O) groups is 2. The number of ether oxygens (including phenoxy) is 1. The minimum atomic E-state index is -0.583. The molecule has 1 aromatic carbocycles. The van der Waals surface area contributed by atoms with E-state index in [1.54, 1.807) is 24.3 Å². The van der Waals surface area contributed by atoms with E-state index in [9.17, 15) is 9.59 Å². The van der Waals surface area contributed by atoms with Gasteiger partial charge in [-0.3, -0.25) is 4.79 Å². The number of rotatable bonds is 4. The number of hydrogen-bond acceptors (Lipinski definition) is 4. The number of hydrogen-bond donors (Lipinski definition) is 2. The molecule has 1 rings (SSSR count). The van der Waals surface area contributed by atoms with Crippen LogP contribution in [0.1, 0.15) is 23.7 Å². The Balaban J connectivity index is 2.91. The first-order chi connectivity index (χ1) is 8.10. The number of methoxy groups -OCH3 is 1. The maximum absolute atomic E-state index is 11.6. The molecule has 1 aromatic rings. The molecule has 0 heterocycles. The van der Waals surface area contributed by atoms with Crippen molar-refractivity contribution in [1.82, 2.24) is 0 Å². The van der Waals surface area contributed by atoms with Crippen LogP contribution < -0.4 is 11.1 Å². The molecule has 0 fully saturated rings. The summed E-state index contributed by atoms with van der Waals surface area (Å²) in [6.45, 7) is 1.82. The van der Waals surface area contributed by atoms with E-state index < -0.39 is 12.0 Å². The molecule has 5 heteroatoms. The summed E-state index contributed by atoms with van der Waals surface area (Å²) in [7, 11) is 1.29. The van der Waals surface area contributed by atoms with Gasteiger partial charge >= 0.3 is 5.97 Å². The molecule has 0 aromatic heterocycles. The highest BCUT2D eigenvalue weighted by Crippen LogP contribution is 2.16. The quantitative estimate of drug-likeness (QED) is 0.768. The Labute approximate surface area is 99.9 Å². The summed E-state index contributed by atoms with van der Waals surface area (Å²) < 4.78 is 4.62. The maximum atomic E-state index is 11.6. The molecule has 0 aliphatic carbocycles. The number of amides is 1. The van der Waals surface area contributed by atoms with Crippen molar-refractivity contribution in [2.24, 2.45) is 5.73 Å². The van der Waals surface area contributed by atoms with Gasteiger partial charge < -0.3 is 15.8 Å². The number of benzene rings is 1. The standard InChI is InChI=1S/C12H16N2O3/c1-3-9(13)11(15)14-10-7-5-4-6-8(10)12(16)17-2/h4-7,9H,3,13H2,1-2H3,(H,14,15). The lowest BCUT2D eigenvalue weighted by Gasteiger charge is -2.12. The summed E-state index contributed by atoms with van der Waals surface area (Å²) in [6, 6.07) is 6.05. The van der Waals surface area contributed by atoms with Crippen molar-refractivity contribution in [3.63, 3.8) is 0 Å². The van der Waals surface area contributed by atoms with Crippen LogP contribution in [0.2, 0.25) is 0 Å². The number of nitrogens with two attached hydrogens (primary N) is 1. The molecule has 0 saturated heterocycles. The lowest BCUT2D eigenvalue weighted by Crippen LogP contribution is -2.35. The van der Waals surface area contributed by atoms with E-state index in [4.69, 9.17) is 5.73 Å². The Morgan fingerprint density at radius 3 is 2.65 bits per heavy atom. The van der Waals surface area contributed by atoms with Crippen LogP contribution in [0.5, 0.6) is 0 Å². The highest BCUT2D eigenvalue weighted by atomic mass is 16.5. The minimum Gasteiger partial charge on any atom is -0.465 e. The summed E-state index contributed by atoms with van der Waals surface area (Å²) >= 11 is 0. The van der Waals surface area contributed by atoms with Gasteiger partial charge in [-0.2, -0.15) is 0 Å². The van der Waals surface area contributed by atoms with E-state index >= 15 is 0 Å². The van der Waals surface area contributed by atoms with Crippen molar-refractivity contribution in [3.05, 3.63) is 29.8 Å². The number of para-hydroxylation sites is 1. The topological polar surface area (TPSA) is 81.4 Å². The SMILES string of the molecule is CCC(N)C(=O)Nc1ccccc1C(=O)OC. The smallest absolute Gasteiger partial charge is 0.339 e. The molecule has 3 N–H and O–H groups in total. The van der Waals surface area contributed by atoms with E-state index in [0.29, 0.717) is 17.7 Å². The molecule has 1 atom stereocenters. The molecule has 0 radical (unpaired) electrons. The van der Waals surface area contributed by atoms with Crippen LogP contribution in [0.4, 0.5) is 5.69 Å². The van der Waals surface area contributed by atoms with E-state index in [2.05, 4.69) is 10.1 Å². The molecule has 92 valence electrons. The van der Waals surface area contributed by atoms with Gasteiger partial charge in [0.1, 0.15) is 0 Å². The highest BCUT2D eigenvalue weighted by Gasteiger charge is 2.16. The summed E-state index contributed by atoms with van der Waals surface area (Å²) in [4.78, 5) is 23.1. The molecule has 1 amide bonds. The second-order valence-electron chi connectivity index (χ2n) is 3.54. The molecule has 0 aliphatic heterocycles. The lowest BCUT2D eigenvalue weighted by molar-refractivity contribution is -0.117. The average molecular weight is 236 g/mol. The Hall–Kier alpha value is -1.88. The number of esters is 1. The summed E-state index contributed by atoms with van der Waals surface area (Å²) in [5.74, 6) is -0.810. The number of anilines is 1. The zero-order valence-corrected chi connectivity index (χ0v) is 9.90. The van der Waals surface area contributed by atoms with Gasteiger partial charge in [0.25, 0.3) is 0 Å². The first-order valence-corrected chi connectivity index (χ1v) is 5.34. The average Bonchev–Trinajstić information content (AvgIpc) is 2.37. The van der Waals surface area contributed by atoms with Gasteiger partial charge in [0.15, 0.2) is 0 Å². The normalized spacial score (nSPS) is 11.7. The van der Waals surface area contributed by atoms with E-state index in [1.807, 2.05) is 6.92 Å². The summed E-state index contributed by atoms with van der Waals surface area (Å²) in [6.07, 6.45) is 0.534. The van der Waals surface area contributed by atoms with Gasteiger partial charge in [-0.1, -0.05) is 19.1 Å². The maximum Gasteiger partial charge on any atom is 0.339 e. The van der Waals surface area contributed by atoms with Crippen molar-refractivity contribution >= 4 is 17.6 Å². The molecular formula is C12H16N2O3. The minimum absolute atomic E-state index is 0.312. The van der Waals surface area contributed by atoms with Crippen molar-refractivity contribution in [3.8, 4) is 0 Å². The van der Waals surface area contributed by atoms with Crippen molar-refractivity contribution in [2.45, 2.75) is 19.4 Å². The van der Waals surface area contributed by atoms with Crippen LogP contribution in [0, 0.1) is 0 Å². The second-order valence-corrected chi connectivity index (χ2v) is 3.54. The molecule has 0 saturated carbocycles. The molecule has 0 spiro atoms. The van der Waals surface area contributed by atoms with E-state index in [1.165, 1.54) is 7.11 Å². The van der Waals surface area contributed by atoms with Gasteiger partial charge in [0.05, 0.1) is 24.4 Å². The fourth-order valence-electron chi connectivity index (χ4n) is 1.29.